The molecule has 2 aromatic heterocycles. The molecule has 0 atom stereocenters. The first-order valence-corrected chi connectivity index (χ1v) is 6.68. The van der Waals surface area contributed by atoms with Gasteiger partial charge in [-0.05, 0) is 11.4 Å². The number of nitrogens with one attached hydrogen (secondary N) is 2. The zero-order valence-corrected chi connectivity index (χ0v) is 11.3. The summed E-state index contributed by atoms with van der Waals surface area (Å²) in [4.78, 5) is 26.4. The molecule has 0 bridgehead atoms. The Morgan fingerprint density at radius 2 is 2.45 bits per heavy atom. The molecule has 0 aliphatic carbocycles. The van der Waals surface area contributed by atoms with E-state index < -0.39 is 0 Å². The van der Waals surface area contributed by atoms with E-state index in [0.29, 0.717) is 11.5 Å². The van der Waals surface area contributed by atoms with Gasteiger partial charge in [-0.1, -0.05) is 11.7 Å². The number of carbonyl (C=O) groups excluding carboxylic acids is 1. The minimum atomic E-state index is -0.290. The van der Waals surface area contributed by atoms with E-state index in [-0.39, 0.29) is 11.6 Å². The zero-order valence-electron chi connectivity index (χ0n) is 10.5. The molecule has 0 saturated carbocycles. The lowest BCUT2D eigenvalue weighted by Gasteiger charge is -2.16. The summed E-state index contributed by atoms with van der Waals surface area (Å²) in [5.74, 6) is 0.230. The van der Waals surface area contributed by atoms with Gasteiger partial charge >= 0.3 is 0 Å². The molecule has 1 aliphatic heterocycles. The Hall–Kier alpha value is -2.45. The summed E-state index contributed by atoms with van der Waals surface area (Å²) in [6.07, 6.45) is 4.68. The Bertz CT molecular complexity index is 656. The molecule has 0 aromatic carbocycles. The van der Waals surface area contributed by atoms with Crippen molar-refractivity contribution in [3.63, 3.8) is 0 Å². The maximum absolute atomic E-state index is 12.0. The molecular formula is C12H11N5O2S. The Morgan fingerprint density at radius 3 is 3.10 bits per heavy atom. The van der Waals surface area contributed by atoms with Crippen LogP contribution in [0, 0.1) is 0 Å². The number of aromatic nitrogens is 2. The van der Waals surface area contributed by atoms with Crippen LogP contribution in [0.4, 0.5) is 5.69 Å². The first-order chi connectivity index (χ1) is 9.79. The Balaban J connectivity index is 2.06. The third kappa shape index (κ3) is 2.22. The molecule has 7 nitrogen and oxygen atoms in total. The van der Waals surface area contributed by atoms with Crippen molar-refractivity contribution in [2.24, 2.45) is 0 Å². The fourth-order valence-corrected chi connectivity index (χ4v) is 2.36. The maximum atomic E-state index is 12.0. The molecule has 3 rings (SSSR count). The van der Waals surface area contributed by atoms with Gasteiger partial charge < -0.3 is 10.2 Å². The predicted octanol–water partition coefficient (Wildman–Crippen LogP) is 1.29. The Morgan fingerprint density at radius 1 is 1.55 bits per heavy atom. The van der Waals surface area contributed by atoms with Gasteiger partial charge in [0.2, 0.25) is 0 Å². The van der Waals surface area contributed by atoms with E-state index in [1.807, 2.05) is 17.5 Å². The van der Waals surface area contributed by atoms with E-state index >= 15 is 0 Å². The number of carbonyl (C=O) groups is 1. The summed E-state index contributed by atoms with van der Waals surface area (Å²) in [6, 6.07) is 3.82. The Kier molecular flexibility index (Phi) is 3.32. The van der Waals surface area contributed by atoms with Crippen molar-refractivity contribution in [1.82, 2.24) is 20.9 Å². The zero-order chi connectivity index (χ0) is 13.9. The molecule has 0 spiro atoms. The highest BCUT2D eigenvalue weighted by Crippen LogP contribution is 2.25. The molecule has 0 saturated heterocycles. The predicted molar refractivity (Wildman–Crippen MR) is 74.6 cm³/mol. The van der Waals surface area contributed by atoms with E-state index in [4.69, 9.17) is 4.84 Å². The monoisotopic (exact) mass is 289 g/mol. The van der Waals surface area contributed by atoms with Crippen LogP contribution in [0.3, 0.4) is 0 Å². The molecule has 8 heteroatoms. The number of thiophene rings is 1. The van der Waals surface area contributed by atoms with Crippen LogP contribution in [0.1, 0.15) is 10.5 Å². The number of rotatable bonds is 3. The number of nitrogens with zero attached hydrogens (tertiary/aromatic N) is 3. The normalized spacial score (nSPS) is 13.3. The largest absolute Gasteiger partial charge is 0.395 e. The lowest BCUT2D eigenvalue weighted by Crippen LogP contribution is -2.31. The van der Waals surface area contributed by atoms with Crippen molar-refractivity contribution in [3.05, 3.63) is 41.9 Å². The number of anilines is 1. The van der Waals surface area contributed by atoms with Crippen molar-refractivity contribution < 1.29 is 9.63 Å². The first-order valence-electron chi connectivity index (χ1n) is 5.80. The van der Waals surface area contributed by atoms with Gasteiger partial charge in [0.1, 0.15) is 11.9 Å². The molecule has 2 aromatic rings. The molecular weight excluding hydrogens is 278 g/mol. The molecule has 1 aliphatic rings. The van der Waals surface area contributed by atoms with Crippen LogP contribution in [0.5, 0.6) is 0 Å². The van der Waals surface area contributed by atoms with Gasteiger partial charge in [0.05, 0.1) is 17.3 Å². The smallest absolute Gasteiger partial charge is 0.272 e. The van der Waals surface area contributed by atoms with Crippen molar-refractivity contribution in [2.45, 2.75) is 0 Å². The van der Waals surface area contributed by atoms with Crippen LogP contribution in [-0.4, -0.2) is 22.9 Å². The van der Waals surface area contributed by atoms with Crippen molar-refractivity contribution in [1.29, 1.82) is 0 Å². The summed E-state index contributed by atoms with van der Waals surface area (Å²) in [7, 11) is 1.56. The van der Waals surface area contributed by atoms with Gasteiger partial charge in [-0.25, -0.2) is 15.0 Å². The van der Waals surface area contributed by atoms with E-state index in [1.165, 1.54) is 22.6 Å². The van der Waals surface area contributed by atoms with E-state index in [9.17, 15) is 4.79 Å². The minimum absolute atomic E-state index is 0.272. The SMILES string of the molecule is CNC(=O)c1nc(-c2cccs2)ncc1N1C=CON1. The fourth-order valence-electron chi connectivity index (χ4n) is 1.70. The summed E-state index contributed by atoms with van der Waals surface area (Å²) >= 11 is 1.52. The van der Waals surface area contributed by atoms with Gasteiger partial charge in [0.15, 0.2) is 11.5 Å². The third-order valence-corrected chi connectivity index (χ3v) is 3.51. The van der Waals surface area contributed by atoms with Crippen LogP contribution in [-0.2, 0) is 4.84 Å². The molecule has 2 N–H and O–H groups in total. The molecule has 1 amide bonds. The second kappa shape index (κ2) is 5.27. The molecule has 0 unspecified atom stereocenters. The average molecular weight is 289 g/mol. The minimum Gasteiger partial charge on any atom is -0.395 e. The topological polar surface area (TPSA) is 79.4 Å². The number of hydrogen-bond donors (Lipinski definition) is 2. The van der Waals surface area contributed by atoms with Crippen molar-refractivity contribution in [2.75, 3.05) is 12.1 Å². The molecule has 3 heterocycles. The second-order valence-electron chi connectivity index (χ2n) is 3.85. The quantitative estimate of drug-likeness (QED) is 0.886. The lowest BCUT2D eigenvalue weighted by molar-refractivity contribution is 0.0957. The van der Waals surface area contributed by atoms with Crippen molar-refractivity contribution >= 4 is 22.9 Å². The van der Waals surface area contributed by atoms with Crippen LogP contribution in [0.25, 0.3) is 10.7 Å². The fraction of sp³-hybridized carbons (Fsp3) is 0.0833. The average Bonchev–Trinajstić information content (AvgIpc) is 3.18. The molecule has 102 valence electrons. The van der Waals surface area contributed by atoms with Crippen LogP contribution < -0.4 is 15.9 Å². The maximum Gasteiger partial charge on any atom is 0.272 e. The van der Waals surface area contributed by atoms with Crippen LogP contribution >= 0.6 is 11.3 Å². The highest BCUT2D eigenvalue weighted by Gasteiger charge is 2.20. The standard InChI is InChI=1S/C12H11N5O2S/c1-13-12(18)10-8(17-4-5-19-16-17)7-14-11(15-10)9-3-2-6-20-9/h2-7,16H,1H3,(H,13,18). The Labute approximate surface area is 118 Å². The number of hydrazine groups is 1. The first kappa shape index (κ1) is 12.6. The highest BCUT2D eigenvalue weighted by atomic mass is 32.1. The van der Waals surface area contributed by atoms with Gasteiger partial charge in [-0.15, -0.1) is 11.3 Å². The number of hydrogen-bond acceptors (Lipinski definition) is 7. The van der Waals surface area contributed by atoms with Gasteiger partial charge in [-0.3, -0.25) is 4.79 Å². The number of amides is 1. The summed E-state index contributed by atoms with van der Waals surface area (Å²) in [5, 5.41) is 6.04. The summed E-state index contributed by atoms with van der Waals surface area (Å²) in [5.41, 5.74) is 3.40. The molecule has 20 heavy (non-hydrogen) atoms. The van der Waals surface area contributed by atoms with Crippen molar-refractivity contribution in [3.8, 4) is 10.7 Å². The van der Waals surface area contributed by atoms with E-state index in [2.05, 4.69) is 20.9 Å². The van der Waals surface area contributed by atoms with E-state index in [0.717, 1.165) is 4.88 Å². The van der Waals surface area contributed by atoms with E-state index in [1.54, 1.807) is 19.4 Å². The molecule has 0 radical (unpaired) electrons. The third-order valence-electron chi connectivity index (χ3n) is 2.64. The summed E-state index contributed by atoms with van der Waals surface area (Å²) in [6.45, 7) is 0. The van der Waals surface area contributed by atoms with Gasteiger partial charge in [0.25, 0.3) is 5.91 Å². The van der Waals surface area contributed by atoms with Gasteiger partial charge in [0, 0.05) is 7.05 Å². The lowest BCUT2D eigenvalue weighted by atomic mass is 10.3. The van der Waals surface area contributed by atoms with Crippen LogP contribution in [0.2, 0.25) is 0 Å². The highest BCUT2D eigenvalue weighted by molar-refractivity contribution is 7.13. The van der Waals surface area contributed by atoms with Gasteiger partial charge in [-0.2, -0.15) is 0 Å². The van der Waals surface area contributed by atoms with Crippen LogP contribution in [0.15, 0.2) is 36.2 Å². The molecule has 0 fully saturated rings. The summed E-state index contributed by atoms with van der Waals surface area (Å²) < 4.78 is 0. The second-order valence-corrected chi connectivity index (χ2v) is 4.80.